The van der Waals surface area contributed by atoms with Crippen molar-refractivity contribution in [3.05, 3.63) is 106 Å². The summed E-state index contributed by atoms with van der Waals surface area (Å²) < 4.78 is 0. The second-order valence-electron chi connectivity index (χ2n) is 12.8. The van der Waals surface area contributed by atoms with Gasteiger partial charge in [-0.1, -0.05) is 96.2 Å². The summed E-state index contributed by atoms with van der Waals surface area (Å²) in [6.07, 6.45) is 15.7. The van der Waals surface area contributed by atoms with Crippen LogP contribution in [0, 0.1) is 0 Å². The highest BCUT2D eigenvalue weighted by Gasteiger charge is 2.42. The van der Waals surface area contributed by atoms with Gasteiger partial charge < -0.3 is 9.80 Å². The van der Waals surface area contributed by atoms with E-state index in [-0.39, 0.29) is 10.8 Å². The first-order valence-electron chi connectivity index (χ1n) is 15.2. The molecule has 2 heteroatoms. The number of para-hydroxylation sites is 2. The van der Waals surface area contributed by atoms with Gasteiger partial charge >= 0.3 is 0 Å². The predicted octanol–water partition coefficient (Wildman–Crippen LogP) is 9.64. The lowest BCUT2D eigenvalue weighted by Gasteiger charge is -2.32. The fourth-order valence-electron chi connectivity index (χ4n) is 7.27. The molecular weight excluding hydrogens is 472 g/mol. The second kappa shape index (κ2) is 10.9. The van der Waals surface area contributed by atoms with Gasteiger partial charge in [-0.05, 0) is 85.1 Å². The van der Waals surface area contributed by atoms with Crippen LogP contribution in [0.1, 0.15) is 91.7 Å². The van der Waals surface area contributed by atoms with Crippen molar-refractivity contribution in [3.63, 3.8) is 0 Å². The first kappa shape index (κ1) is 27.6. The Morgan fingerprint density at radius 2 is 1.49 bits per heavy atom. The van der Waals surface area contributed by atoms with Gasteiger partial charge in [0.05, 0.1) is 6.04 Å². The molecule has 0 saturated carbocycles. The van der Waals surface area contributed by atoms with Gasteiger partial charge in [0.25, 0.3) is 0 Å². The standard InChI is InChI=1S/C37H48N2/c1-8-25-38-32-19-12-10-17-30(32)36(4,5)34(38)23-21-28-15-14-16-29(27(28)3)22-24-35-37(6,7)31-18-11-13-20-33(31)39(35)26-9-2/h10-13,17-24,34H,8-9,14-16,25-26H2,1-7H3/b23-21+,29-22+,35-24+. The van der Waals surface area contributed by atoms with E-state index in [1.807, 2.05) is 0 Å². The average molecular weight is 521 g/mol. The van der Waals surface area contributed by atoms with Crippen molar-refractivity contribution in [2.45, 2.75) is 97.4 Å². The zero-order chi connectivity index (χ0) is 27.8. The highest BCUT2D eigenvalue weighted by molar-refractivity contribution is 5.71. The molecule has 206 valence electrons. The highest BCUT2D eigenvalue weighted by atomic mass is 15.2. The third-order valence-electron chi connectivity index (χ3n) is 9.47. The van der Waals surface area contributed by atoms with E-state index in [1.165, 1.54) is 57.8 Å². The van der Waals surface area contributed by atoms with Gasteiger partial charge in [0, 0.05) is 41.0 Å². The number of hydrogen-bond donors (Lipinski definition) is 0. The van der Waals surface area contributed by atoms with E-state index in [2.05, 4.69) is 131 Å². The van der Waals surface area contributed by atoms with Crippen LogP contribution in [0.25, 0.3) is 0 Å². The number of anilines is 2. The fraction of sp³-hybridized carbons (Fsp3) is 0.459. The Bertz CT molecular complexity index is 1330. The van der Waals surface area contributed by atoms with E-state index in [1.54, 1.807) is 0 Å². The van der Waals surface area contributed by atoms with Crippen LogP contribution in [-0.4, -0.2) is 19.1 Å². The molecule has 3 aliphatic rings. The number of allylic oxidation sites excluding steroid dienone is 7. The van der Waals surface area contributed by atoms with Crippen molar-refractivity contribution >= 4 is 11.4 Å². The summed E-state index contributed by atoms with van der Waals surface area (Å²) in [6, 6.07) is 18.4. The molecule has 0 N–H and O–H groups in total. The molecule has 2 aromatic carbocycles. The largest absolute Gasteiger partial charge is 0.364 e. The normalized spacial score (nSPS) is 23.8. The molecule has 0 amide bonds. The van der Waals surface area contributed by atoms with Crippen LogP contribution in [-0.2, 0) is 10.8 Å². The van der Waals surface area contributed by atoms with Crippen LogP contribution in [0.5, 0.6) is 0 Å². The molecule has 1 aliphatic carbocycles. The Hall–Kier alpha value is -3.00. The van der Waals surface area contributed by atoms with Gasteiger partial charge in [-0.15, -0.1) is 0 Å². The summed E-state index contributed by atoms with van der Waals surface area (Å²) in [7, 11) is 0. The van der Waals surface area contributed by atoms with E-state index >= 15 is 0 Å². The minimum Gasteiger partial charge on any atom is -0.364 e. The molecule has 0 saturated heterocycles. The minimum absolute atomic E-state index is 0.0175. The molecule has 2 nitrogen and oxygen atoms in total. The number of rotatable bonds is 7. The second-order valence-corrected chi connectivity index (χ2v) is 12.8. The number of hydrogen-bond acceptors (Lipinski definition) is 2. The molecule has 2 aromatic rings. The van der Waals surface area contributed by atoms with Gasteiger partial charge in [0.1, 0.15) is 0 Å². The molecule has 39 heavy (non-hydrogen) atoms. The minimum atomic E-state index is 0.0175. The van der Waals surface area contributed by atoms with E-state index < -0.39 is 0 Å². The number of nitrogens with zero attached hydrogens (tertiary/aromatic N) is 2. The fourth-order valence-corrected chi connectivity index (χ4v) is 7.27. The van der Waals surface area contributed by atoms with Crippen molar-refractivity contribution < 1.29 is 0 Å². The molecule has 1 atom stereocenters. The first-order chi connectivity index (χ1) is 18.7. The molecule has 2 aliphatic heterocycles. The van der Waals surface area contributed by atoms with Gasteiger partial charge in [-0.3, -0.25) is 0 Å². The molecule has 0 spiro atoms. The Balaban J connectivity index is 1.46. The number of benzene rings is 2. The van der Waals surface area contributed by atoms with E-state index in [0.29, 0.717) is 6.04 Å². The quantitative estimate of drug-likeness (QED) is 0.358. The van der Waals surface area contributed by atoms with Crippen LogP contribution in [0.3, 0.4) is 0 Å². The van der Waals surface area contributed by atoms with E-state index in [9.17, 15) is 0 Å². The van der Waals surface area contributed by atoms with E-state index in [4.69, 9.17) is 0 Å². The summed E-state index contributed by atoms with van der Waals surface area (Å²) >= 11 is 0. The summed E-state index contributed by atoms with van der Waals surface area (Å²) in [5.41, 5.74) is 11.7. The van der Waals surface area contributed by atoms with Crippen molar-refractivity contribution in [2.24, 2.45) is 0 Å². The van der Waals surface area contributed by atoms with Crippen LogP contribution in [0.15, 0.2) is 95.3 Å². The average Bonchev–Trinajstić information content (AvgIpc) is 3.27. The maximum absolute atomic E-state index is 2.63. The first-order valence-corrected chi connectivity index (χ1v) is 15.2. The van der Waals surface area contributed by atoms with Crippen LogP contribution >= 0.6 is 0 Å². The van der Waals surface area contributed by atoms with E-state index in [0.717, 1.165) is 32.4 Å². The smallest absolute Gasteiger partial charge is 0.0568 e. The maximum atomic E-state index is 2.63. The Kier molecular flexibility index (Phi) is 7.68. The zero-order valence-corrected chi connectivity index (χ0v) is 25.3. The monoisotopic (exact) mass is 520 g/mol. The van der Waals surface area contributed by atoms with Gasteiger partial charge in [-0.2, -0.15) is 0 Å². The van der Waals surface area contributed by atoms with Crippen molar-refractivity contribution in [1.29, 1.82) is 0 Å². The zero-order valence-electron chi connectivity index (χ0n) is 25.3. The Morgan fingerprint density at radius 1 is 0.821 bits per heavy atom. The lowest BCUT2D eigenvalue weighted by molar-refractivity contribution is 0.473. The van der Waals surface area contributed by atoms with Crippen molar-refractivity contribution in [3.8, 4) is 0 Å². The summed E-state index contributed by atoms with van der Waals surface area (Å²) in [5.74, 6) is 0. The molecule has 2 heterocycles. The van der Waals surface area contributed by atoms with Crippen molar-refractivity contribution in [1.82, 2.24) is 0 Å². The molecular formula is C37H48N2. The number of fused-ring (bicyclic) bond motifs is 2. The molecule has 0 bridgehead atoms. The third-order valence-corrected chi connectivity index (χ3v) is 9.47. The highest BCUT2D eigenvalue weighted by Crippen LogP contribution is 2.48. The van der Waals surface area contributed by atoms with Crippen LogP contribution in [0.4, 0.5) is 11.4 Å². The molecule has 0 fully saturated rings. The summed E-state index contributed by atoms with van der Waals surface area (Å²) in [5, 5.41) is 0. The summed E-state index contributed by atoms with van der Waals surface area (Å²) in [4.78, 5) is 5.19. The Labute approximate surface area is 237 Å². The topological polar surface area (TPSA) is 6.48 Å². The lowest BCUT2D eigenvalue weighted by Crippen LogP contribution is -2.40. The predicted molar refractivity (Wildman–Crippen MR) is 170 cm³/mol. The molecule has 5 rings (SSSR count). The lowest BCUT2D eigenvalue weighted by atomic mass is 9.79. The van der Waals surface area contributed by atoms with Gasteiger partial charge in [0.2, 0.25) is 0 Å². The molecule has 0 aromatic heterocycles. The molecule has 0 radical (unpaired) electrons. The van der Waals surface area contributed by atoms with Crippen LogP contribution in [0.2, 0.25) is 0 Å². The molecule has 1 unspecified atom stereocenters. The van der Waals surface area contributed by atoms with Crippen LogP contribution < -0.4 is 9.80 Å². The maximum Gasteiger partial charge on any atom is 0.0568 e. The van der Waals surface area contributed by atoms with Gasteiger partial charge in [0.15, 0.2) is 0 Å². The Morgan fingerprint density at radius 3 is 2.21 bits per heavy atom. The van der Waals surface area contributed by atoms with Gasteiger partial charge in [-0.25, -0.2) is 0 Å². The SMILES string of the molecule is CCCN1/C(=C/C=C2\CCCC(/C=C/C3N(CCC)c4ccccc4C3(C)C)=C2C)C(C)(C)c2ccccc21. The van der Waals surface area contributed by atoms with Crippen molar-refractivity contribution in [2.75, 3.05) is 22.9 Å². The summed E-state index contributed by atoms with van der Waals surface area (Å²) in [6.45, 7) is 18.7. The third kappa shape index (κ3) is 4.81.